The molecule has 2 amide bonds. The van der Waals surface area contributed by atoms with Crippen LogP contribution in [0.2, 0.25) is 0 Å². The molecule has 0 spiro atoms. The van der Waals surface area contributed by atoms with Gasteiger partial charge in [0.15, 0.2) is 0 Å². The second-order valence-electron chi connectivity index (χ2n) is 7.03. The van der Waals surface area contributed by atoms with Crippen LogP contribution in [0, 0.1) is 13.8 Å². The van der Waals surface area contributed by atoms with Crippen LogP contribution in [0.5, 0.6) is 0 Å². The van der Waals surface area contributed by atoms with Gasteiger partial charge >= 0.3 is 0 Å². The molecule has 2 aromatic carbocycles. The summed E-state index contributed by atoms with van der Waals surface area (Å²) in [5.41, 5.74) is 4.38. The molecule has 29 heavy (non-hydrogen) atoms. The molecule has 148 valence electrons. The van der Waals surface area contributed by atoms with Crippen LogP contribution in [-0.4, -0.2) is 16.4 Å². The lowest BCUT2D eigenvalue weighted by Crippen LogP contribution is -2.22. The SMILES string of the molecule is CC(=O)Nc1ccc(C)c(NC(=O)c2ccc(=O)n(Cc3ccc(C)cc3)c2)c1. The van der Waals surface area contributed by atoms with Gasteiger partial charge in [-0.2, -0.15) is 0 Å². The lowest BCUT2D eigenvalue weighted by molar-refractivity contribution is -0.114. The number of amides is 2. The predicted molar refractivity (Wildman–Crippen MR) is 114 cm³/mol. The molecule has 0 aliphatic carbocycles. The number of carbonyl (C=O) groups is 2. The summed E-state index contributed by atoms with van der Waals surface area (Å²) >= 11 is 0. The Bertz CT molecular complexity index is 1110. The van der Waals surface area contributed by atoms with E-state index in [2.05, 4.69) is 10.6 Å². The highest BCUT2D eigenvalue weighted by Gasteiger charge is 2.11. The van der Waals surface area contributed by atoms with Crippen molar-refractivity contribution in [1.29, 1.82) is 0 Å². The Kier molecular flexibility index (Phi) is 5.93. The highest BCUT2D eigenvalue weighted by atomic mass is 16.2. The Hall–Kier alpha value is -3.67. The van der Waals surface area contributed by atoms with Gasteiger partial charge in [0.1, 0.15) is 0 Å². The Morgan fingerprint density at radius 1 is 0.931 bits per heavy atom. The fourth-order valence-corrected chi connectivity index (χ4v) is 2.91. The van der Waals surface area contributed by atoms with Gasteiger partial charge in [-0.25, -0.2) is 0 Å². The van der Waals surface area contributed by atoms with Crippen molar-refractivity contribution in [1.82, 2.24) is 4.57 Å². The maximum atomic E-state index is 12.7. The summed E-state index contributed by atoms with van der Waals surface area (Å²) in [6, 6.07) is 16.1. The van der Waals surface area contributed by atoms with Gasteiger partial charge < -0.3 is 15.2 Å². The lowest BCUT2D eigenvalue weighted by atomic mass is 10.1. The van der Waals surface area contributed by atoms with Crippen LogP contribution in [0.4, 0.5) is 11.4 Å². The van der Waals surface area contributed by atoms with E-state index in [9.17, 15) is 14.4 Å². The summed E-state index contributed by atoms with van der Waals surface area (Å²) < 4.78 is 1.51. The zero-order valence-corrected chi connectivity index (χ0v) is 16.7. The predicted octanol–water partition coefficient (Wildman–Crippen LogP) is 3.72. The highest BCUT2D eigenvalue weighted by molar-refractivity contribution is 6.05. The molecule has 0 radical (unpaired) electrons. The van der Waals surface area contributed by atoms with Crippen LogP contribution in [0.15, 0.2) is 65.6 Å². The molecular formula is C23H23N3O3. The standard InChI is InChI=1S/C23H23N3O3/c1-15-4-7-18(8-5-15)13-26-14-19(9-11-22(26)28)23(29)25-21-12-20(24-17(3)27)10-6-16(21)2/h4-12,14H,13H2,1-3H3,(H,24,27)(H,25,29). The molecule has 6 heteroatoms. The molecule has 0 bridgehead atoms. The lowest BCUT2D eigenvalue weighted by Gasteiger charge is -2.12. The van der Waals surface area contributed by atoms with Gasteiger partial charge in [0.05, 0.1) is 12.1 Å². The molecule has 1 aromatic heterocycles. The van der Waals surface area contributed by atoms with E-state index in [-0.39, 0.29) is 17.4 Å². The minimum absolute atomic E-state index is 0.175. The minimum atomic E-state index is -0.328. The number of rotatable bonds is 5. The van der Waals surface area contributed by atoms with Gasteiger partial charge in [-0.1, -0.05) is 35.9 Å². The number of hydrogen-bond acceptors (Lipinski definition) is 3. The molecule has 0 unspecified atom stereocenters. The van der Waals surface area contributed by atoms with E-state index < -0.39 is 0 Å². The van der Waals surface area contributed by atoms with E-state index in [1.807, 2.05) is 44.2 Å². The first kappa shape index (κ1) is 20.1. The van der Waals surface area contributed by atoms with Crippen LogP contribution in [0.3, 0.4) is 0 Å². The summed E-state index contributed by atoms with van der Waals surface area (Å²) in [5, 5.41) is 5.55. The number of carbonyl (C=O) groups excluding carboxylic acids is 2. The molecule has 0 saturated heterocycles. The second kappa shape index (κ2) is 8.56. The van der Waals surface area contributed by atoms with Crippen molar-refractivity contribution in [2.75, 3.05) is 10.6 Å². The molecule has 3 rings (SSSR count). The van der Waals surface area contributed by atoms with E-state index in [0.717, 1.165) is 16.7 Å². The van der Waals surface area contributed by atoms with Crippen molar-refractivity contribution in [3.8, 4) is 0 Å². The monoisotopic (exact) mass is 389 g/mol. The average molecular weight is 389 g/mol. The Balaban J connectivity index is 1.82. The van der Waals surface area contributed by atoms with Gasteiger partial charge in [0.2, 0.25) is 5.91 Å². The van der Waals surface area contributed by atoms with Crippen molar-refractivity contribution < 1.29 is 9.59 Å². The molecule has 6 nitrogen and oxygen atoms in total. The van der Waals surface area contributed by atoms with Crippen LogP contribution in [0.25, 0.3) is 0 Å². The number of hydrogen-bond donors (Lipinski definition) is 2. The fraction of sp³-hybridized carbons (Fsp3) is 0.174. The summed E-state index contributed by atoms with van der Waals surface area (Å²) in [7, 11) is 0. The highest BCUT2D eigenvalue weighted by Crippen LogP contribution is 2.21. The van der Waals surface area contributed by atoms with E-state index in [4.69, 9.17) is 0 Å². The van der Waals surface area contributed by atoms with Gasteiger partial charge in [-0.15, -0.1) is 0 Å². The zero-order valence-electron chi connectivity index (χ0n) is 16.7. The van der Waals surface area contributed by atoms with Crippen molar-refractivity contribution in [2.45, 2.75) is 27.3 Å². The normalized spacial score (nSPS) is 10.4. The molecule has 3 aromatic rings. The Labute approximate surface area is 169 Å². The third kappa shape index (κ3) is 5.19. The van der Waals surface area contributed by atoms with Crippen LogP contribution in [0.1, 0.15) is 34.0 Å². The molecule has 0 fully saturated rings. The first-order valence-corrected chi connectivity index (χ1v) is 9.27. The van der Waals surface area contributed by atoms with Gasteiger partial charge in [-0.05, 0) is 43.2 Å². The van der Waals surface area contributed by atoms with Gasteiger partial charge in [-0.3, -0.25) is 14.4 Å². The average Bonchev–Trinajstić information content (AvgIpc) is 2.67. The smallest absolute Gasteiger partial charge is 0.257 e. The van der Waals surface area contributed by atoms with Gasteiger partial charge in [0, 0.05) is 30.6 Å². The number of nitrogens with one attached hydrogen (secondary N) is 2. The maximum absolute atomic E-state index is 12.7. The summed E-state index contributed by atoms with van der Waals surface area (Å²) in [4.78, 5) is 36.2. The first-order valence-electron chi connectivity index (χ1n) is 9.27. The molecule has 0 aliphatic rings. The van der Waals surface area contributed by atoms with Crippen molar-refractivity contribution in [3.05, 3.63) is 93.4 Å². The van der Waals surface area contributed by atoms with Crippen molar-refractivity contribution >= 4 is 23.2 Å². The quantitative estimate of drug-likeness (QED) is 0.698. The number of benzene rings is 2. The molecule has 0 saturated carbocycles. The van der Waals surface area contributed by atoms with E-state index in [1.54, 1.807) is 18.3 Å². The largest absolute Gasteiger partial charge is 0.326 e. The number of aromatic nitrogens is 1. The fourth-order valence-electron chi connectivity index (χ4n) is 2.91. The topological polar surface area (TPSA) is 80.2 Å². The number of aryl methyl sites for hydroxylation is 2. The number of pyridine rings is 1. The van der Waals surface area contributed by atoms with Gasteiger partial charge in [0.25, 0.3) is 11.5 Å². The minimum Gasteiger partial charge on any atom is -0.326 e. The Morgan fingerprint density at radius 3 is 2.34 bits per heavy atom. The van der Waals surface area contributed by atoms with Crippen LogP contribution >= 0.6 is 0 Å². The molecule has 0 aliphatic heterocycles. The zero-order chi connectivity index (χ0) is 21.0. The third-order valence-electron chi connectivity index (χ3n) is 4.53. The maximum Gasteiger partial charge on any atom is 0.257 e. The van der Waals surface area contributed by atoms with E-state index in [1.165, 1.54) is 23.6 Å². The second-order valence-corrected chi connectivity index (χ2v) is 7.03. The van der Waals surface area contributed by atoms with Crippen LogP contribution in [-0.2, 0) is 11.3 Å². The van der Waals surface area contributed by atoms with E-state index in [0.29, 0.717) is 23.5 Å². The third-order valence-corrected chi connectivity index (χ3v) is 4.53. The molecule has 0 atom stereocenters. The first-order chi connectivity index (χ1) is 13.8. The summed E-state index contributed by atoms with van der Waals surface area (Å²) in [6.07, 6.45) is 1.56. The van der Waals surface area contributed by atoms with Crippen molar-refractivity contribution in [3.63, 3.8) is 0 Å². The summed E-state index contributed by atoms with van der Waals surface area (Å²) in [6.45, 7) is 5.68. The summed E-state index contributed by atoms with van der Waals surface area (Å²) in [5.74, 6) is -0.514. The molecule has 1 heterocycles. The van der Waals surface area contributed by atoms with E-state index >= 15 is 0 Å². The molecule has 2 N–H and O–H groups in total. The number of nitrogens with zero attached hydrogens (tertiary/aromatic N) is 1. The van der Waals surface area contributed by atoms with Crippen molar-refractivity contribution in [2.24, 2.45) is 0 Å². The molecular weight excluding hydrogens is 366 g/mol. The Morgan fingerprint density at radius 2 is 1.66 bits per heavy atom. The number of anilines is 2. The van der Waals surface area contributed by atoms with Crippen LogP contribution < -0.4 is 16.2 Å².